The average molecular weight is 315 g/mol. The molecule has 6 nitrogen and oxygen atoms in total. The number of benzene rings is 1. The predicted molar refractivity (Wildman–Crippen MR) is 76.5 cm³/mol. The van der Waals surface area contributed by atoms with E-state index in [2.05, 4.69) is 10.0 Å². The summed E-state index contributed by atoms with van der Waals surface area (Å²) >= 11 is 0. The molecule has 1 atom stereocenters. The number of aryl methyl sites for hydroxylation is 1. The molecule has 8 heteroatoms. The van der Waals surface area contributed by atoms with Crippen LogP contribution in [0.25, 0.3) is 0 Å². The van der Waals surface area contributed by atoms with Crippen LogP contribution in [0.1, 0.15) is 25.3 Å². The molecule has 1 saturated carbocycles. The monoisotopic (exact) mass is 315 g/mol. The number of sulfonamides is 1. The van der Waals surface area contributed by atoms with Crippen molar-refractivity contribution in [2.24, 2.45) is 0 Å². The Labute approximate surface area is 123 Å². The minimum atomic E-state index is -3.94. The van der Waals surface area contributed by atoms with Crippen molar-refractivity contribution in [1.82, 2.24) is 10.0 Å². The fraction of sp³-hybridized carbons (Fsp3) is 0.462. The number of hydrogen-bond acceptors (Lipinski definition) is 4. The number of hydrogen-bond donors (Lipinski definition) is 3. The molecule has 0 saturated heterocycles. The van der Waals surface area contributed by atoms with Crippen molar-refractivity contribution >= 4 is 21.6 Å². The minimum absolute atomic E-state index is 0.130. The van der Waals surface area contributed by atoms with Gasteiger partial charge >= 0.3 is 0 Å². The molecule has 0 aliphatic heterocycles. The molecule has 1 aliphatic rings. The van der Waals surface area contributed by atoms with Gasteiger partial charge in [-0.3, -0.25) is 4.79 Å². The zero-order valence-corrected chi connectivity index (χ0v) is 12.6. The zero-order valence-electron chi connectivity index (χ0n) is 11.8. The fourth-order valence-electron chi connectivity index (χ4n) is 1.83. The number of carbonyl (C=O) groups excluding carboxylic acids is 1. The van der Waals surface area contributed by atoms with E-state index in [1.807, 2.05) is 0 Å². The molecule has 0 spiro atoms. The van der Waals surface area contributed by atoms with Gasteiger partial charge in [0.1, 0.15) is 5.82 Å². The van der Waals surface area contributed by atoms with Crippen molar-refractivity contribution in [3.63, 3.8) is 0 Å². The first-order chi connectivity index (χ1) is 9.70. The van der Waals surface area contributed by atoms with E-state index in [1.165, 1.54) is 19.9 Å². The van der Waals surface area contributed by atoms with Gasteiger partial charge in [-0.25, -0.2) is 12.8 Å². The van der Waals surface area contributed by atoms with Crippen molar-refractivity contribution in [2.75, 3.05) is 5.73 Å². The minimum Gasteiger partial charge on any atom is -0.396 e. The first-order valence-electron chi connectivity index (χ1n) is 6.59. The van der Waals surface area contributed by atoms with Gasteiger partial charge in [0.15, 0.2) is 0 Å². The van der Waals surface area contributed by atoms with E-state index in [9.17, 15) is 17.6 Å². The van der Waals surface area contributed by atoms with Crippen LogP contribution in [0.3, 0.4) is 0 Å². The molecule has 2 rings (SSSR count). The van der Waals surface area contributed by atoms with Crippen LogP contribution in [0.2, 0.25) is 0 Å². The molecular weight excluding hydrogens is 297 g/mol. The fourth-order valence-corrected chi connectivity index (χ4v) is 3.15. The molecule has 1 fully saturated rings. The van der Waals surface area contributed by atoms with Gasteiger partial charge in [-0.05, 0) is 44.4 Å². The van der Waals surface area contributed by atoms with E-state index in [0.717, 1.165) is 18.9 Å². The molecule has 1 aliphatic carbocycles. The summed E-state index contributed by atoms with van der Waals surface area (Å²) in [5.74, 6) is -1.03. The zero-order chi connectivity index (χ0) is 15.8. The molecule has 0 radical (unpaired) electrons. The van der Waals surface area contributed by atoms with Crippen LogP contribution in [0, 0.1) is 12.7 Å². The number of halogens is 1. The van der Waals surface area contributed by atoms with Crippen molar-refractivity contribution in [3.8, 4) is 0 Å². The SMILES string of the molecule is Cc1cc(S(=O)(=O)NC(C)C(=O)NC2CC2)cc(N)c1F. The summed E-state index contributed by atoms with van der Waals surface area (Å²) in [6.45, 7) is 2.88. The molecule has 116 valence electrons. The Morgan fingerprint density at radius 2 is 2.05 bits per heavy atom. The standard InChI is InChI=1S/C13H18FN3O3S/c1-7-5-10(6-11(15)12(7)14)21(19,20)17-8(2)13(18)16-9-3-4-9/h5-6,8-9,17H,3-4,15H2,1-2H3,(H,16,18). The van der Waals surface area contributed by atoms with Gasteiger partial charge in [-0.2, -0.15) is 4.72 Å². The van der Waals surface area contributed by atoms with E-state index in [-0.39, 0.29) is 28.1 Å². The van der Waals surface area contributed by atoms with Gasteiger partial charge in [0.25, 0.3) is 0 Å². The summed E-state index contributed by atoms with van der Waals surface area (Å²) in [5.41, 5.74) is 5.32. The highest BCUT2D eigenvalue weighted by molar-refractivity contribution is 7.89. The maximum atomic E-state index is 13.4. The first kappa shape index (κ1) is 15.7. The second kappa shape index (κ2) is 5.61. The van der Waals surface area contributed by atoms with Crippen molar-refractivity contribution in [1.29, 1.82) is 0 Å². The number of rotatable bonds is 5. The topological polar surface area (TPSA) is 101 Å². The van der Waals surface area contributed by atoms with Crippen molar-refractivity contribution < 1.29 is 17.6 Å². The van der Waals surface area contributed by atoms with Crippen LogP contribution in [-0.4, -0.2) is 26.4 Å². The van der Waals surface area contributed by atoms with E-state index >= 15 is 0 Å². The molecule has 0 aromatic heterocycles. The van der Waals surface area contributed by atoms with E-state index in [1.54, 1.807) is 0 Å². The molecule has 4 N–H and O–H groups in total. The maximum absolute atomic E-state index is 13.4. The van der Waals surface area contributed by atoms with E-state index in [4.69, 9.17) is 5.73 Å². The Hall–Kier alpha value is -1.67. The summed E-state index contributed by atoms with van der Waals surface area (Å²) in [4.78, 5) is 11.6. The van der Waals surface area contributed by atoms with Crippen LogP contribution in [0.5, 0.6) is 0 Å². The predicted octanol–water partition coefficient (Wildman–Crippen LogP) is 0.662. The van der Waals surface area contributed by atoms with Crippen LogP contribution in [-0.2, 0) is 14.8 Å². The van der Waals surface area contributed by atoms with Crippen molar-refractivity contribution in [3.05, 3.63) is 23.5 Å². The number of nitrogens with one attached hydrogen (secondary N) is 2. The Morgan fingerprint density at radius 3 is 2.57 bits per heavy atom. The summed E-state index contributed by atoms with van der Waals surface area (Å²) in [5, 5.41) is 2.71. The lowest BCUT2D eigenvalue weighted by atomic mass is 10.2. The summed E-state index contributed by atoms with van der Waals surface area (Å²) in [6.07, 6.45) is 1.83. The molecule has 1 aromatic rings. The van der Waals surface area contributed by atoms with Crippen LogP contribution < -0.4 is 15.8 Å². The molecule has 0 heterocycles. The third-order valence-electron chi connectivity index (χ3n) is 3.22. The highest BCUT2D eigenvalue weighted by atomic mass is 32.2. The van der Waals surface area contributed by atoms with Gasteiger partial charge in [0.2, 0.25) is 15.9 Å². The van der Waals surface area contributed by atoms with Crippen LogP contribution in [0.15, 0.2) is 17.0 Å². The second-order valence-corrected chi connectivity index (χ2v) is 6.98. The Balaban J connectivity index is 2.15. The van der Waals surface area contributed by atoms with E-state index in [0.29, 0.717) is 0 Å². The highest BCUT2D eigenvalue weighted by Gasteiger charge is 2.28. The number of anilines is 1. The summed E-state index contributed by atoms with van der Waals surface area (Å²) < 4.78 is 40.1. The lowest BCUT2D eigenvalue weighted by molar-refractivity contribution is -0.122. The van der Waals surface area contributed by atoms with Crippen LogP contribution in [0.4, 0.5) is 10.1 Å². The van der Waals surface area contributed by atoms with Crippen molar-refractivity contribution in [2.45, 2.75) is 43.7 Å². The number of carbonyl (C=O) groups is 1. The Kier molecular flexibility index (Phi) is 4.20. The summed E-state index contributed by atoms with van der Waals surface area (Å²) in [6, 6.07) is 1.45. The number of nitrogen functional groups attached to an aromatic ring is 1. The third kappa shape index (κ3) is 3.70. The Morgan fingerprint density at radius 1 is 1.43 bits per heavy atom. The molecule has 21 heavy (non-hydrogen) atoms. The molecule has 1 amide bonds. The van der Waals surface area contributed by atoms with Gasteiger partial charge in [-0.1, -0.05) is 0 Å². The van der Waals surface area contributed by atoms with Gasteiger partial charge in [0.05, 0.1) is 16.6 Å². The second-order valence-electron chi connectivity index (χ2n) is 5.27. The first-order valence-corrected chi connectivity index (χ1v) is 8.07. The van der Waals surface area contributed by atoms with Gasteiger partial charge in [-0.15, -0.1) is 0 Å². The lowest BCUT2D eigenvalue weighted by Gasteiger charge is -2.15. The number of amides is 1. The molecule has 1 aromatic carbocycles. The van der Waals surface area contributed by atoms with Gasteiger partial charge < -0.3 is 11.1 Å². The lowest BCUT2D eigenvalue weighted by Crippen LogP contribution is -2.45. The highest BCUT2D eigenvalue weighted by Crippen LogP contribution is 2.21. The average Bonchev–Trinajstić information content (AvgIpc) is 3.18. The van der Waals surface area contributed by atoms with Crippen LogP contribution >= 0.6 is 0 Å². The summed E-state index contributed by atoms with van der Waals surface area (Å²) in [7, 11) is -3.94. The quantitative estimate of drug-likeness (QED) is 0.695. The maximum Gasteiger partial charge on any atom is 0.241 e. The number of nitrogens with two attached hydrogens (primary N) is 1. The van der Waals surface area contributed by atoms with Gasteiger partial charge in [0, 0.05) is 6.04 Å². The smallest absolute Gasteiger partial charge is 0.241 e. The largest absolute Gasteiger partial charge is 0.396 e. The third-order valence-corrected chi connectivity index (χ3v) is 4.74. The van der Waals surface area contributed by atoms with E-state index < -0.39 is 21.9 Å². The Bertz CT molecular complexity index is 648. The molecule has 0 bridgehead atoms. The normalized spacial score (nSPS) is 16.5. The molecule has 1 unspecified atom stereocenters. The molecular formula is C13H18FN3O3S.